The molecule has 0 bridgehead atoms. The molecule has 5 nitrogen and oxygen atoms in total. The second kappa shape index (κ2) is 40.0. The van der Waals surface area contributed by atoms with Crippen LogP contribution in [0.4, 0.5) is 0 Å². The normalized spacial score (nSPS) is 11.5. The zero-order valence-corrected chi connectivity index (χ0v) is 39.2. The van der Waals surface area contributed by atoms with Gasteiger partial charge in [0.2, 0.25) is 0 Å². The van der Waals surface area contributed by atoms with E-state index in [4.69, 9.17) is 0 Å². The second-order valence-corrected chi connectivity index (χ2v) is 18.1. The lowest BCUT2D eigenvalue weighted by Crippen LogP contribution is -2.19. The standard InChI is InChI=1S/C11H22O.C10H20O.3C9H18O/c1-4-5-8-11(12)9-6-7-10(2)3;1-8(2)10(4,5)7-6-9(3)11;1-7(2)8(3)5-6-9(4)10;2*1-4-9(10)7-5-6-8(2)3/h10H,4-9H2,1-3H3;8H,6-7H2,1-5H3;7-8H,5-6H2,1-4H3;2*8H,4-7H2,1-3H3. The summed E-state index contributed by atoms with van der Waals surface area (Å²) in [5, 5.41) is 0. The summed E-state index contributed by atoms with van der Waals surface area (Å²) in [4.78, 5) is 54.1. The summed E-state index contributed by atoms with van der Waals surface area (Å²) in [7, 11) is 0. The highest BCUT2D eigenvalue weighted by Crippen LogP contribution is 2.31. The van der Waals surface area contributed by atoms with Crippen molar-refractivity contribution < 1.29 is 24.0 Å². The molecule has 1 atom stereocenters. The molecule has 0 radical (unpaired) electrons. The fraction of sp³-hybridized carbons (Fsp3) is 0.896. The van der Waals surface area contributed by atoms with Crippen LogP contribution in [-0.2, 0) is 24.0 Å². The molecular formula is C48H96O5. The maximum Gasteiger partial charge on any atom is 0.132 e. The van der Waals surface area contributed by atoms with Gasteiger partial charge in [0, 0.05) is 51.4 Å². The quantitative estimate of drug-likeness (QED) is 0.0927. The van der Waals surface area contributed by atoms with E-state index in [9.17, 15) is 24.0 Å². The fourth-order valence-corrected chi connectivity index (χ4v) is 4.53. The van der Waals surface area contributed by atoms with Gasteiger partial charge in [-0.3, -0.25) is 14.4 Å². The van der Waals surface area contributed by atoms with Crippen molar-refractivity contribution in [1.82, 2.24) is 0 Å². The first-order valence-electron chi connectivity index (χ1n) is 21.9. The molecule has 0 saturated carbocycles. The Balaban J connectivity index is -0.000000181. The highest BCUT2D eigenvalue weighted by atomic mass is 16.1. The van der Waals surface area contributed by atoms with E-state index >= 15 is 0 Å². The Morgan fingerprint density at radius 2 is 0.792 bits per heavy atom. The lowest BCUT2D eigenvalue weighted by Gasteiger charge is -2.28. The van der Waals surface area contributed by atoms with Gasteiger partial charge in [0.05, 0.1) is 0 Å². The Labute approximate surface area is 333 Å². The highest BCUT2D eigenvalue weighted by molar-refractivity contribution is 5.78. The van der Waals surface area contributed by atoms with Crippen LogP contribution in [0.25, 0.3) is 0 Å². The number of unbranched alkanes of at least 4 members (excludes halogenated alkanes) is 1. The number of carbonyl (C=O) groups excluding carboxylic acids is 5. The Morgan fingerprint density at radius 1 is 0.453 bits per heavy atom. The third kappa shape index (κ3) is 57.2. The summed E-state index contributed by atoms with van der Waals surface area (Å²) in [6.07, 6.45) is 17.1. The van der Waals surface area contributed by atoms with Crippen LogP contribution in [0.5, 0.6) is 0 Å². The smallest absolute Gasteiger partial charge is 0.132 e. The molecule has 0 heterocycles. The molecular weight excluding hydrogens is 657 g/mol. The first-order valence-corrected chi connectivity index (χ1v) is 21.9. The largest absolute Gasteiger partial charge is 0.300 e. The van der Waals surface area contributed by atoms with Crippen molar-refractivity contribution in [3.05, 3.63) is 0 Å². The fourth-order valence-electron chi connectivity index (χ4n) is 4.53. The second-order valence-electron chi connectivity index (χ2n) is 18.1. The molecule has 5 heteroatoms. The maximum absolute atomic E-state index is 11.2. The zero-order valence-electron chi connectivity index (χ0n) is 39.2. The molecule has 318 valence electrons. The lowest BCUT2D eigenvalue weighted by atomic mass is 9.77. The molecule has 0 aromatic heterocycles. The average Bonchev–Trinajstić information content (AvgIpc) is 3.05. The van der Waals surface area contributed by atoms with Gasteiger partial charge in [0.15, 0.2) is 0 Å². The van der Waals surface area contributed by atoms with Gasteiger partial charge in [-0.05, 0) is 93.3 Å². The van der Waals surface area contributed by atoms with Gasteiger partial charge in [-0.25, -0.2) is 0 Å². The topological polar surface area (TPSA) is 85.3 Å². The maximum atomic E-state index is 11.2. The molecule has 0 aromatic rings. The van der Waals surface area contributed by atoms with Gasteiger partial charge in [-0.15, -0.1) is 0 Å². The third-order valence-corrected chi connectivity index (χ3v) is 10.1. The molecule has 0 N–H and O–H groups in total. The van der Waals surface area contributed by atoms with Crippen LogP contribution in [0, 0.1) is 40.9 Å². The SMILES string of the molecule is CC(=O)CCC(C)(C)C(C)C.CC(=O)CCC(C)C(C)C.CCC(=O)CCCC(C)C.CCC(=O)CCCC(C)C.CCCCC(=O)CCCC(C)C. The van der Waals surface area contributed by atoms with E-state index in [-0.39, 0.29) is 0 Å². The highest BCUT2D eigenvalue weighted by Gasteiger charge is 2.22. The molecule has 53 heavy (non-hydrogen) atoms. The van der Waals surface area contributed by atoms with Crippen LogP contribution in [0.2, 0.25) is 0 Å². The lowest BCUT2D eigenvalue weighted by molar-refractivity contribution is -0.120. The van der Waals surface area contributed by atoms with Gasteiger partial charge in [-0.2, -0.15) is 0 Å². The average molecular weight is 753 g/mol. The van der Waals surface area contributed by atoms with Crippen LogP contribution < -0.4 is 0 Å². The number of hydrogen-bond donors (Lipinski definition) is 0. The predicted octanol–water partition coefficient (Wildman–Crippen LogP) is 14.8. The zero-order chi connectivity index (χ0) is 42.6. The molecule has 0 saturated heterocycles. The van der Waals surface area contributed by atoms with Gasteiger partial charge in [0.25, 0.3) is 0 Å². The van der Waals surface area contributed by atoms with E-state index in [1.54, 1.807) is 13.8 Å². The molecule has 0 aliphatic rings. The molecule has 0 aliphatic carbocycles. The van der Waals surface area contributed by atoms with Crippen LogP contribution in [0.15, 0.2) is 0 Å². The predicted molar refractivity (Wildman–Crippen MR) is 234 cm³/mol. The number of Topliss-reactive ketones (excluding diaryl/α,β-unsaturated/α-hetero) is 5. The molecule has 0 amide bonds. The van der Waals surface area contributed by atoms with Gasteiger partial charge in [-0.1, -0.05) is 136 Å². The van der Waals surface area contributed by atoms with Gasteiger partial charge in [0.1, 0.15) is 28.9 Å². The number of ketones is 5. The van der Waals surface area contributed by atoms with Crippen molar-refractivity contribution in [2.45, 2.75) is 240 Å². The van der Waals surface area contributed by atoms with Gasteiger partial charge < -0.3 is 9.59 Å². The Kier molecular flexibility index (Phi) is 45.8. The van der Waals surface area contributed by atoms with E-state index in [2.05, 4.69) is 96.9 Å². The van der Waals surface area contributed by atoms with E-state index in [0.717, 1.165) is 101 Å². The van der Waals surface area contributed by atoms with Crippen molar-refractivity contribution in [2.75, 3.05) is 0 Å². The Morgan fingerprint density at radius 3 is 1.06 bits per heavy atom. The van der Waals surface area contributed by atoms with Crippen molar-refractivity contribution >= 4 is 28.9 Å². The molecule has 1 unspecified atom stereocenters. The molecule has 0 aliphatic heterocycles. The van der Waals surface area contributed by atoms with E-state index in [1.807, 2.05) is 13.8 Å². The van der Waals surface area contributed by atoms with Crippen molar-refractivity contribution in [3.63, 3.8) is 0 Å². The number of carbonyl (C=O) groups is 5. The van der Waals surface area contributed by atoms with Crippen LogP contribution in [-0.4, -0.2) is 28.9 Å². The first-order chi connectivity index (χ1) is 24.4. The van der Waals surface area contributed by atoms with Crippen LogP contribution in [0.3, 0.4) is 0 Å². The molecule has 0 spiro atoms. The minimum Gasteiger partial charge on any atom is -0.300 e. The van der Waals surface area contributed by atoms with E-state index in [1.165, 1.54) is 19.3 Å². The summed E-state index contributed by atoms with van der Waals surface area (Å²) in [5.41, 5.74) is 0.311. The summed E-state index contributed by atoms with van der Waals surface area (Å²) < 4.78 is 0. The minimum atomic E-state index is 0.304. The van der Waals surface area contributed by atoms with E-state index < -0.39 is 0 Å². The summed E-state index contributed by atoms with van der Waals surface area (Å²) in [6, 6.07) is 0. The van der Waals surface area contributed by atoms with Crippen LogP contribution >= 0.6 is 0 Å². The Hall–Kier alpha value is -1.65. The van der Waals surface area contributed by atoms with Gasteiger partial charge >= 0.3 is 0 Å². The Bertz CT molecular complexity index is 852. The van der Waals surface area contributed by atoms with Crippen molar-refractivity contribution in [2.24, 2.45) is 40.9 Å². The number of hydrogen-bond acceptors (Lipinski definition) is 5. The monoisotopic (exact) mass is 753 g/mol. The van der Waals surface area contributed by atoms with Crippen molar-refractivity contribution in [3.8, 4) is 0 Å². The number of rotatable bonds is 25. The molecule has 0 fully saturated rings. The molecule has 0 rings (SSSR count). The summed E-state index contributed by atoms with van der Waals surface area (Å²) >= 11 is 0. The van der Waals surface area contributed by atoms with Crippen molar-refractivity contribution in [1.29, 1.82) is 0 Å². The van der Waals surface area contributed by atoms with Crippen LogP contribution in [0.1, 0.15) is 240 Å². The minimum absolute atomic E-state index is 0.304. The summed E-state index contributed by atoms with van der Waals surface area (Å²) in [6.45, 7) is 37.9. The third-order valence-electron chi connectivity index (χ3n) is 10.1. The first kappa shape index (κ1) is 60.6. The van der Waals surface area contributed by atoms with E-state index in [0.29, 0.717) is 64.9 Å². The molecule has 0 aromatic carbocycles. The summed E-state index contributed by atoms with van der Waals surface area (Å²) in [5.74, 6) is 6.15.